The molecule has 0 spiro atoms. The van der Waals surface area contributed by atoms with Crippen LogP contribution in [-0.4, -0.2) is 23.1 Å². The summed E-state index contributed by atoms with van der Waals surface area (Å²) in [5, 5.41) is 11.1. The van der Waals surface area contributed by atoms with Crippen LogP contribution in [0.25, 0.3) is 11.3 Å². The van der Waals surface area contributed by atoms with Gasteiger partial charge in [0.05, 0.1) is 5.69 Å². The lowest BCUT2D eigenvalue weighted by Gasteiger charge is -2.22. The Morgan fingerprint density at radius 2 is 2.04 bits per heavy atom. The van der Waals surface area contributed by atoms with Gasteiger partial charge in [-0.1, -0.05) is 18.2 Å². The molecule has 1 fully saturated rings. The maximum atomic E-state index is 4.86. The van der Waals surface area contributed by atoms with Gasteiger partial charge in [-0.3, -0.25) is 0 Å². The molecule has 0 amide bonds. The molecule has 122 valence electrons. The van der Waals surface area contributed by atoms with Crippen LogP contribution >= 0.6 is 11.3 Å². The average molecular weight is 336 g/mol. The summed E-state index contributed by atoms with van der Waals surface area (Å²) in [6.07, 6.45) is 2.32. The van der Waals surface area contributed by atoms with Gasteiger partial charge in [0.25, 0.3) is 0 Å². The van der Waals surface area contributed by atoms with Crippen molar-refractivity contribution in [3.63, 3.8) is 0 Å². The lowest BCUT2D eigenvalue weighted by molar-refractivity contribution is 0.447. The third-order valence-corrected chi connectivity index (χ3v) is 4.95. The highest BCUT2D eigenvalue weighted by Gasteiger charge is 2.19. The van der Waals surface area contributed by atoms with Gasteiger partial charge in [-0.25, -0.2) is 9.97 Å². The molecule has 1 saturated heterocycles. The molecular weight excluding hydrogens is 316 g/mol. The quantitative estimate of drug-likeness (QED) is 0.741. The second-order valence-electron chi connectivity index (χ2n) is 6.04. The number of thiophene rings is 1. The first kappa shape index (κ1) is 15.3. The summed E-state index contributed by atoms with van der Waals surface area (Å²) in [4.78, 5) is 9.66. The Hall–Kier alpha value is -2.24. The first-order chi connectivity index (χ1) is 11.9. The highest BCUT2D eigenvalue weighted by atomic mass is 32.1. The van der Waals surface area contributed by atoms with Gasteiger partial charge in [0.2, 0.25) is 0 Å². The molecule has 4 rings (SSSR count). The average Bonchev–Trinajstić information content (AvgIpc) is 3.18. The minimum absolute atomic E-state index is 0.383. The van der Waals surface area contributed by atoms with Crippen molar-refractivity contribution in [2.75, 3.05) is 18.4 Å². The van der Waals surface area contributed by atoms with Crippen molar-refractivity contribution in [3.05, 3.63) is 59.0 Å². The maximum absolute atomic E-state index is 4.86. The highest BCUT2D eigenvalue weighted by molar-refractivity contribution is 7.08. The number of anilines is 2. The zero-order chi connectivity index (χ0) is 16.2. The molecule has 1 aliphatic heterocycles. The van der Waals surface area contributed by atoms with Gasteiger partial charge in [-0.2, -0.15) is 11.3 Å². The zero-order valence-electron chi connectivity index (χ0n) is 13.4. The summed E-state index contributed by atoms with van der Waals surface area (Å²) in [6.45, 7) is 2.05. The minimum Gasteiger partial charge on any atom is -0.340 e. The Bertz CT molecular complexity index is 780. The Kier molecular flexibility index (Phi) is 4.53. The van der Waals surface area contributed by atoms with E-state index in [0.717, 1.165) is 48.1 Å². The summed E-state index contributed by atoms with van der Waals surface area (Å²) < 4.78 is 0. The van der Waals surface area contributed by atoms with Crippen LogP contribution in [0.3, 0.4) is 0 Å². The fourth-order valence-corrected chi connectivity index (χ4v) is 3.66. The first-order valence-electron chi connectivity index (χ1n) is 8.33. The standard InChI is InChI=1S/C19H20N4S/c1-2-6-16(7-3-1)21-18-11-17(15-8-10-24-13-15)22-19(23-18)14-5-4-9-20-12-14/h1-3,6-8,10-11,13-14,20H,4-5,9,12H2,(H,21,22,23)/t14-/m1/s1. The van der Waals surface area contributed by atoms with Crippen molar-refractivity contribution in [2.24, 2.45) is 0 Å². The van der Waals surface area contributed by atoms with E-state index in [-0.39, 0.29) is 0 Å². The largest absolute Gasteiger partial charge is 0.340 e. The second-order valence-corrected chi connectivity index (χ2v) is 6.82. The molecule has 2 aromatic heterocycles. The Labute approximate surface area is 146 Å². The topological polar surface area (TPSA) is 49.8 Å². The van der Waals surface area contributed by atoms with E-state index < -0.39 is 0 Å². The SMILES string of the molecule is c1ccc(Nc2cc(-c3ccsc3)nc([C@@H]3CCCNC3)n2)cc1. The lowest BCUT2D eigenvalue weighted by atomic mass is 9.98. The zero-order valence-corrected chi connectivity index (χ0v) is 14.2. The van der Waals surface area contributed by atoms with Crippen LogP contribution in [0.1, 0.15) is 24.6 Å². The van der Waals surface area contributed by atoms with Crippen molar-refractivity contribution in [1.29, 1.82) is 0 Å². The van der Waals surface area contributed by atoms with Gasteiger partial charge < -0.3 is 10.6 Å². The monoisotopic (exact) mass is 336 g/mol. The van der Waals surface area contributed by atoms with E-state index in [1.807, 2.05) is 36.4 Å². The van der Waals surface area contributed by atoms with Crippen molar-refractivity contribution >= 4 is 22.8 Å². The van der Waals surface area contributed by atoms with Gasteiger partial charge in [0, 0.05) is 35.2 Å². The normalized spacial score (nSPS) is 17.6. The van der Waals surface area contributed by atoms with Crippen LogP contribution < -0.4 is 10.6 Å². The Balaban J connectivity index is 1.70. The van der Waals surface area contributed by atoms with Crippen molar-refractivity contribution in [1.82, 2.24) is 15.3 Å². The molecule has 0 radical (unpaired) electrons. The molecule has 0 bridgehead atoms. The Morgan fingerprint density at radius 3 is 2.79 bits per heavy atom. The first-order valence-corrected chi connectivity index (χ1v) is 9.27. The van der Waals surface area contributed by atoms with Crippen LogP contribution in [0.5, 0.6) is 0 Å². The molecule has 1 aliphatic rings. The Morgan fingerprint density at radius 1 is 1.12 bits per heavy atom. The predicted molar refractivity (Wildman–Crippen MR) is 99.9 cm³/mol. The number of para-hydroxylation sites is 1. The van der Waals surface area contributed by atoms with Gasteiger partial charge >= 0.3 is 0 Å². The van der Waals surface area contributed by atoms with Gasteiger partial charge in [0.1, 0.15) is 11.6 Å². The van der Waals surface area contributed by atoms with Crippen LogP contribution in [0.2, 0.25) is 0 Å². The minimum atomic E-state index is 0.383. The van der Waals surface area contributed by atoms with E-state index in [1.54, 1.807) is 11.3 Å². The van der Waals surface area contributed by atoms with Crippen LogP contribution in [0.15, 0.2) is 53.2 Å². The van der Waals surface area contributed by atoms with Crippen LogP contribution in [0.4, 0.5) is 11.5 Å². The molecule has 0 unspecified atom stereocenters. The molecule has 1 aromatic carbocycles. The molecule has 3 heterocycles. The van der Waals surface area contributed by atoms with E-state index in [4.69, 9.17) is 9.97 Å². The summed E-state index contributed by atoms with van der Waals surface area (Å²) in [6, 6.07) is 14.3. The highest BCUT2D eigenvalue weighted by Crippen LogP contribution is 2.28. The fourth-order valence-electron chi connectivity index (χ4n) is 3.01. The molecule has 5 heteroatoms. The number of nitrogens with zero attached hydrogens (tertiary/aromatic N) is 2. The number of aromatic nitrogens is 2. The van der Waals surface area contributed by atoms with Crippen molar-refractivity contribution < 1.29 is 0 Å². The van der Waals surface area contributed by atoms with E-state index in [9.17, 15) is 0 Å². The van der Waals surface area contributed by atoms with Crippen LogP contribution in [-0.2, 0) is 0 Å². The molecule has 2 N–H and O–H groups in total. The molecule has 1 atom stereocenters. The smallest absolute Gasteiger partial charge is 0.135 e. The summed E-state index contributed by atoms with van der Waals surface area (Å²) in [5.41, 5.74) is 3.19. The van der Waals surface area contributed by atoms with Crippen molar-refractivity contribution in [3.8, 4) is 11.3 Å². The van der Waals surface area contributed by atoms with Crippen molar-refractivity contribution in [2.45, 2.75) is 18.8 Å². The summed E-state index contributed by atoms with van der Waals surface area (Å²) >= 11 is 1.69. The lowest BCUT2D eigenvalue weighted by Crippen LogP contribution is -2.29. The molecular formula is C19H20N4S. The molecule has 3 aromatic rings. The van der Waals surface area contributed by atoms with Gasteiger partial charge in [-0.05, 0) is 43.0 Å². The molecule has 24 heavy (non-hydrogen) atoms. The third kappa shape index (κ3) is 3.47. The van der Waals surface area contributed by atoms with Gasteiger partial charge in [-0.15, -0.1) is 0 Å². The molecule has 0 saturated carbocycles. The number of benzene rings is 1. The molecule has 4 nitrogen and oxygen atoms in total. The predicted octanol–water partition coefficient (Wildman–Crippen LogP) is 4.42. The summed E-state index contributed by atoms with van der Waals surface area (Å²) in [7, 11) is 0. The number of nitrogens with one attached hydrogen (secondary N) is 2. The fraction of sp³-hybridized carbons (Fsp3) is 0.263. The summed E-state index contributed by atoms with van der Waals surface area (Å²) in [5.74, 6) is 2.18. The maximum Gasteiger partial charge on any atom is 0.135 e. The van der Waals surface area contributed by atoms with E-state index in [1.165, 1.54) is 6.42 Å². The van der Waals surface area contributed by atoms with Gasteiger partial charge in [0.15, 0.2) is 0 Å². The molecule has 0 aliphatic carbocycles. The van der Waals surface area contributed by atoms with E-state index in [0.29, 0.717) is 5.92 Å². The number of rotatable bonds is 4. The number of hydrogen-bond donors (Lipinski definition) is 2. The second kappa shape index (κ2) is 7.11. The van der Waals surface area contributed by atoms with Crippen LogP contribution in [0, 0.1) is 0 Å². The number of hydrogen-bond acceptors (Lipinski definition) is 5. The van der Waals surface area contributed by atoms with E-state index in [2.05, 4.69) is 27.5 Å². The number of piperidine rings is 1. The van der Waals surface area contributed by atoms with E-state index >= 15 is 0 Å². The third-order valence-electron chi connectivity index (χ3n) is 4.27.